The maximum absolute atomic E-state index is 11.6. The lowest BCUT2D eigenvalue weighted by atomic mass is 10.2. The van der Waals surface area contributed by atoms with Crippen LogP contribution in [0.15, 0.2) is 76.5 Å². The fraction of sp³-hybridized carbons (Fsp3) is 0.0556. The van der Waals surface area contributed by atoms with Gasteiger partial charge in [-0.25, -0.2) is 4.98 Å². The van der Waals surface area contributed by atoms with Gasteiger partial charge in [0.1, 0.15) is 0 Å². The Kier molecular flexibility index (Phi) is 4.38. The van der Waals surface area contributed by atoms with E-state index >= 15 is 0 Å². The Morgan fingerprint density at radius 1 is 1.04 bits per heavy atom. The second-order valence-electron chi connectivity index (χ2n) is 5.19. The molecular weight excluding hydrogens is 302 g/mol. The van der Waals surface area contributed by atoms with Crippen molar-refractivity contribution in [3.63, 3.8) is 0 Å². The number of aryl methyl sites for hydroxylation is 1. The van der Waals surface area contributed by atoms with Crippen molar-refractivity contribution in [3.8, 4) is 0 Å². The van der Waals surface area contributed by atoms with E-state index in [0.29, 0.717) is 5.69 Å². The van der Waals surface area contributed by atoms with Crippen molar-refractivity contribution in [2.45, 2.75) is 6.92 Å². The fourth-order valence-electron chi connectivity index (χ4n) is 2.34. The van der Waals surface area contributed by atoms with Crippen LogP contribution in [-0.2, 0) is 0 Å². The normalized spacial score (nSPS) is 11.3. The maximum Gasteiger partial charge on any atom is 0.252 e. The molecule has 3 N–H and O–H groups in total. The largest absolute Gasteiger partial charge is 0.369 e. The number of nitrogens with two attached hydrogens (primary N) is 1. The molecule has 0 aliphatic heterocycles. The van der Waals surface area contributed by atoms with Crippen LogP contribution in [0, 0.1) is 6.92 Å². The topological polar surface area (TPSA) is 87.4 Å². The second-order valence-corrected chi connectivity index (χ2v) is 5.19. The van der Waals surface area contributed by atoms with Crippen molar-refractivity contribution in [2.24, 2.45) is 10.7 Å². The van der Waals surface area contributed by atoms with E-state index in [1.807, 2.05) is 60.7 Å². The van der Waals surface area contributed by atoms with Gasteiger partial charge in [0, 0.05) is 23.1 Å². The van der Waals surface area contributed by atoms with Crippen molar-refractivity contribution < 1.29 is 0 Å². The third-order valence-electron chi connectivity index (χ3n) is 3.34. The minimum Gasteiger partial charge on any atom is -0.369 e. The van der Waals surface area contributed by atoms with Crippen molar-refractivity contribution in [1.82, 2.24) is 9.97 Å². The van der Waals surface area contributed by atoms with E-state index in [1.165, 1.54) is 6.07 Å². The van der Waals surface area contributed by atoms with Gasteiger partial charge in [0.05, 0.1) is 0 Å². The van der Waals surface area contributed by atoms with Crippen LogP contribution >= 0.6 is 0 Å². The number of nitrogens with one attached hydrogen (secondary N) is 1. The second kappa shape index (κ2) is 6.78. The van der Waals surface area contributed by atoms with Crippen LogP contribution in [0.1, 0.15) is 5.69 Å². The lowest BCUT2D eigenvalue weighted by Crippen LogP contribution is -2.33. The first-order valence-corrected chi connectivity index (χ1v) is 7.46. The van der Waals surface area contributed by atoms with E-state index in [9.17, 15) is 4.79 Å². The maximum atomic E-state index is 11.6. The van der Waals surface area contributed by atoms with Gasteiger partial charge >= 0.3 is 0 Å². The van der Waals surface area contributed by atoms with E-state index in [4.69, 9.17) is 5.73 Å². The summed E-state index contributed by atoms with van der Waals surface area (Å²) in [4.78, 5) is 24.4. The van der Waals surface area contributed by atoms with Gasteiger partial charge in [-0.3, -0.25) is 14.7 Å². The highest BCUT2D eigenvalue weighted by Gasteiger charge is 2.13. The number of rotatable bonds is 3. The molecule has 24 heavy (non-hydrogen) atoms. The van der Waals surface area contributed by atoms with Crippen LogP contribution in [0.2, 0.25) is 0 Å². The minimum atomic E-state index is -0.264. The predicted molar refractivity (Wildman–Crippen MR) is 95.9 cm³/mol. The molecule has 6 heteroatoms. The number of guanidine groups is 1. The summed E-state index contributed by atoms with van der Waals surface area (Å²) in [5, 5.41) is 0. The Labute approximate surface area is 139 Å². The number of benzene rings is 2. The van der Waals surface area contributed by atoms with Crippen molar-refractivity contribution in [1.29, 1.82) is 0 Å². The third-order valence-corrected chi connectivity index (χ3v) is 3.34. The molecule has 0 aliphatic rings. The van der Waals surface area contributed by atoms with Gasteiger partial charge in [0.25, 0.3) is 5.56 Å². The summed E-state index contributed by atoms with van der Waals surface area (Å²) in [6, 6.07) is 20.7. The van der Waals surface area contributed by atoms with Crippen LogP contribution in [0.4, 0.5) is 17.3 Å². The molecular formula is C18H17N5O. The summed E-state index contributed by atoms with van der Waals surface area (Å²) in [5.41, 5.74) is 8.27. The molecule has 3 rings (SSSR count). The van der Waals surface area contributed by atoms with Gasteiger partial charge in [-0.15, -0.1) is 0 Å². The number of para-hydroxylation sites is 2. The van der Waals surface area contributed by atoms with Gasteiger partial charge < -0.3 is 5.73 Å². The summed E-state index contributed by atoms with van der Waals surface area (Å²) in [5.74, 6) is 0.385. The zero-order chi connectivity index (χ0) is 16.9. The SMILES string of the molecule is Cc1cc(=O)[nH]c(/N=C(\N)N(c2ccccc2)c2ccccc2)n1. The number of aliphatic imine (C=N–C) groups is 1. The lowest BCUT2D eigenvalue weighted by molar-refractivity contribution is 1.04. The molecule has 0 amide bonds. The standard InChI is InChI=1S/C18H17N5O/c1-13-12-16(24)21-18(20-13)22-17(19)23(14-8-4-2-5-9-14)15-10-6-3-7-11-15/h2-12H,1H3,(H3,19,20,21,22,24). The molecule has 0 radical (unpaired) electrons. The van der Waals surface area contributed by atoms with E-state index in [1.54, 1.807) is 11.8 Å². The van der Waals surface area contributed by atoms with E-state index in [2.05, 4.69) is 15.0 Å². The average molecular weight is 319 g/mol. The highest BCUT2D eigenvalue weighted by atomic mass is 16.1. The fourth-order valence-corrected chi connectivity index (χ4v) is 2.34. The number of H-pyrrole nitrogens is 1. The molecule has 1 heterocycles. The first-order chi connectivity index (χ1) is 11.6. The first kappa shape index (κ1) is 15.5. The van der Waals surface area contributed by atoms with Gasteiger partial charge in [0.2, 0.25) is 11.9 Å². The number of anilines is 2. The van der Waals surface area contributed by atoms with Crippen LogP contribution in [0.3, 0.4) is 0 Å². The molecule has 0 saturated carbocycles. The smallest absolute Gasteiger partial charge is 0.252 e. The minimum absolute atomic E-state index is 0.175. The van der Waals surface area contributed by atoms with Crippen LogP contribution in [-0.4, -0.2) is 15.9 Å². The van der Waals surface area contributed by atoms with Gasteiger partial charge in [-0.05, 0) is 31.2 Å². The molecule has 0 saturated heterocycles. The Balaban J connectivity index is 2.08. The summed E-state index contributed by atoms with van der Waals surface area (Å²) in [6.45, 7) is 1.73. The molecule has 0 fully saturated rings. The highest BCUT2D eigenvalue weighted by Crippen LogP contribution is 2.25. The Morgan fingerprint density at radius 3 is 2.08 bits per heavy atom. The summed E-state index contributed by atoms with van der Waals surface area (Å²) in [7, 11) is 0. The molecule has 0 aliphatic carbocycles. The van der Waals surface area contributed by atoms with Gasteiger partial charge in [-0.2, -0.15) is 4.99 Å². The summed E-state index contributed by atoms with van der Waals surface area (Å²) >= 11 is 0. The highest BCUT2D eigenvalue weighted by molar-refractivity contribution is 6.02. The molecule has 0 spiro atoms. The zero-order valence-electron chi connectivity index (χ0n) is 13.2. The number of hydrogen-bond donors (Lipinski definition) is 2. The van der Waals surface area contributed by atoms with Crippen LogP contribution in [0.5, 0.6) is 0 Å². The number of hydrogen-bond acceptors (Lipinski definition) is 3. The van der Waals surface area contributed by atoms with Crippen LogP contribution < -0.4 is 16.2 Å². The summed E-state index contributed by atoms with van der Waals surface area (Å²) < 4.78 is 0. The van der Waals surface area contributed by atoms with E-state index < -0.39 is 0 Å². The third kappa shape index (κ3) is 3.49. The number of nitrogens with zero attached hydrogens (tertiary/aromatic N) is 3. The zero-order valence-corrected chi connectivity index (χ0v) is 13.2. The Hall–Kier alpha value is -3.41. The molecule has 120 valence electrons. The van der Waals surface area contributed by atoms with Gasteiger partial charge in [0.15, 0.2) is 0 Å². The predicted octanol–water partition coefficient (Wildman–Crippen LogP) is 2.86. The first-order valence-electron chi connectivity index (χ1n) is 7.46. The molecule has 1 aromatic heterocycles. The molecule has 0 atom stereocenters. The quantitative estimate of drug-likeness (QED) is 0.574. The van der Waals surface area contributed by atoms with Crippen molar-refractivity contribution >= 4 is 23.3 Å². The number of aromatic nitrogens is 2. The molecule has 3 aromatic rings. The lowest BCUT2D eigenvalue weighted by Gasteiger charge is -2.23. The van der Waals surface area contributed by atoms with Gasteiger partial charge in [-0.1, -0.05) is 36.4 Å². The number of aromatic amines is 1. The Bertz CT molecular complexity index is 864. The Morgan fingerprint density at radius 2 is 1.58 bits per heavy atom. The van der Waals surface area contributed by atoms with Crippen molar-refractivity contribution in [2.75, 3.05) is 4.90 Å². The average Bonchev–Trinajstić information content (AvgIpc) is 2.56. The monoisotopic (exact) mass is 319 g/mol. The molecule has 0 bridgehead atoms. The molecule has 0 unspecified atom stereocenters. The van der Waals surface area contributed by atoms with Crippen molar-refractivity contribution in [3.05, 3.63) is 82.8 Å². The molecule has 6 nitrogen and oxygen atoms in total. The van der Waals surface area contributed by atoms with Crippen LogP contribution in [0.25, 0.3) is 0 Å². The van der Waals surface area contributed by atoms with E-state index in [-0.39, 0.29) is 17.5 Å². The summed E-state index contributed by atoms with van der Waals surface area (Å²) in [6.07, 6.45) is 0. The molecule has 2 aromatic carbocycles. The van der Waals surface area contributed by atoms with E-state index in [0.717, 1.165) is 11.4 Å².